The van der Waals surface area contributed by atoms with Crippen LogP contribution in [0.1, 0.15) is 5.56 Å². The van der Waals surface area contributed by atoms with Gasteiger partial charge in [-0.1, -0.05) is 23.7 Å². The predicted molar refractivity (Wildman–Crippen MR) is 105 cm³/mol. The van der Waals surface area contributed by atoms with Crippen LogP contribution in [0.5, 0.6) is 5.75 Å². The molecule has 0 radical (unpaired) electrons. The normalized spacial score (nSPS) is 10.8. The number of rotatable bonds is 6. The van der Waals surface area contributed by atoms with Crippen LogP contribution in [0.25, 0.3) is 6.08 Å². The molecule has 2 rings (SSSR count). The highest BCUT2D eigenvalue weighted by atomic mass is 79.9. The molecule has 28 heavy (non-hydrogen) atoms. The lowest BCUT2D eigenvalue weighted by atomic mass is 10.1. The van der Waals surface area contributed by atoms with Gasteiger partial charge in [0.2, 0.25) is 0 Å². The zero-order valence-corrected chi connectivity index (χ0v) is 16.8. The number of esters is 1. The molecule has 6 nitrogen and oxygen atoms in total. The molecule has 0 aliphatic carbocycles. The number of amides is 1. The number of nitriles is 1. The molecule has 0 spiro atoms. The molecular weight excluding hydrogens is 455 g/mol. The third kappa shape index (κ3) is 5.55. The molecule has 0 saturated carbocycles. The first kappa shape index (κ1) is 21.4. The maximum atomic E-state index is 13.7. The quantitative estimate of drug-likeness (QED) is 0.388. The van der Waals surface area contributed by atoms with E-state index in [4.69, 9.17) is 16.3 Å². The van der Waals surface area contributed by atoms with E-state index in [0.717, 1.165) is 0 Å². The van der Waals surface area contributed by atoms with E-state index in [1.165, 1.54) is 37.5 Å². The summed E-state index contributed by atoms with van der Waals surface area (Å²) in [5.41, 5.74) is 0.122. The number of methoxy groups -OCH3 is 1. The zero-order chi connectivity index (χ0) is 20.7. The summed E-state index contributed by atoms with van der Waals surface area (Å²) in [5, 5.41) is 11.8. The monoisotopic (exact) mass is 466 g/mol. The van der Waals surface area contributed by atoms with Crippen molar-refractivity contribution in [3.05, 3.63) is 62.8 Å². The average molecular weight is 468 g/mol. The van der Waals surface area contributed by atoms with Gasteiger partial charge in [-0.15, -0.1) is 0 Å². The Labute approximate surface area is 173 Å². The van der Waals surface area contributed by atoms with Crippen molar-refractivity contribution in [2.45, 2.75) is 0 Å². The van der Waals surface area contributed by atoms with Crippen molar-refractivity contribution in [1.82, 2.24) is 0 Å². The Bertz CT molecular complexity index is 965. The molecule has 1 N–H and O–H groups in total. The van der Waals surface area contributed by atoms with E-state index in [1.807, 2.05) is 0 Å². The summed E-state index contributed by atoms with van der Waals surface area (Å²) in [6.07, 6.45) is 1.29. The number of carbonyl (C=O) groups excluding carboxylic acids is 2. The first-order valence-corrected chi connectivity index (χ1v) is 8.89. The van der Waals surface area contributed by atoms with Gasteiger partial charge in [0, 0.05) is 0 Å². The Morgan fingerprint density at radius 1 is 1.36 bits per heavy atom. The van der Waals surface area contributed by atoms with Gasteiger partial charge < -0.3 is 14.8 Å². The highest BCUT2D eigenvalue weighted by Crippen LogP contribution is 2.35. The maximum Gasteiger partial charge on any atom is 0.343 e. The standard InChI is InChI=1S/C19H13BrClFN2O4/c1-27-17(25)10-28-18-13(20)7-11(8-14(18)21)6-12(9-23)19(26)24-16-5-3-2-4-15(16)22/h2-8H,10H2,1H3,(H,24,26)/b12-6-. The lowest BCUT2D eigenvalue weighted by Crippen LogP contribution is -2.14. The first-order chi connectivity index (χ1) is 13.3. The molecule has 1 amide bonds. The summed E-state index contributed by atoms with van der Waals surface area (Å²) in [4.78, 5) is 23.4. The second kappa shape index (κ2) is 9.88. The van der Waals surface area contributed by atoms with E-state index in [9.17, 15) is 19.2 Å². The smallest absolute Gasteiger partial charge is 0.343 e. The summed E-state index contributed by atoms with van der Waals surface area (Å²) in [7, 11) is 1.23. The summed E-state index contributed by atoms with van der Waals surface area (Å²) >= 11 is 9.41. The van der Waals surface area contributed by atoms with Gasteiger partial charge >= 0.3 is 5.97 Å². The number of benzene rings is 2. The maximum absolute atomic E-state index is 13.7. The van der Waals surface area contributed by atoms with E-state index in [0.29, 0.717) is 10.0 Å². The van der Waals surface area contributed by atoms with E-state index >= 15 is 0 Å². The highest BCUT2D eigenvalue weighted by Gasteiger charge is 2.15. The fourth-order valence-electron chi connectivity index (χ4n) is 2.06. The lowest BCUT2D eigenvalue weighted by molar-refractivity contribution is -0.142. The SMILES string of the molecule is COC(=O)COc1c(Cl)cc(/C=C(/C#N)C(=O)Nc2ccccc2F)cc1Br. The third-order valence-electron chi connectivity index (χ3n) is 3.38. The number of nitrogens with zero attached hydrogens (tertiary/aromatic N) is 1. The Kier molecular flexibility index (Phi) is 7.55. The molecule has 0 heterocycles. The van der Waals surface area contributed by atoms with Gasteiger partial charge in [-0.3, -0.25) is 4.79 Å². The summed E-state index contributed by atoms with van der Waals surface area (Å²) in [5.74, 6) is -1.76. The largest absolute Gasteiger partial charge is 0.479 e. The number of ether oxygens (including phenoxy) is 2. The molecule has 0 atom stereocenters. The molecule has 0 saturated heterocycles. The fourth-order valence-corrected chi connectivity index (χ4v) is 3.05. The third-order valence-corrected chi connectivity index (χ3v) is 4.25. The van der Waals surface area contributed by atoms with Crippen molar-refractivity contribution in [1.29, 1.82) is 5.26 Å². The Morgan fingerprint density at radius 3 is 2.68 bits per heavy atom. The van der Waals surface area contributed by atoms with Crippen LogP contribution >= 0.6 is 27.5 Å². The number of para-hydroxylation sites is 1. The number of hydrogen-bond acceptors (Lipinski definition) is 5. The van der Waals surface area contributed by atoms with Crippen LogP contribution < -0.4 is 10.1 Å². The van der Waals surface area contributed by atoms with Crippen LogP contribution in [0.2, 0.25) is 5.02 Å². The van der Waals surface area contributed by atoms with Crippen molar-refractivity contribution in [2.75, 3.05) is 19.0 Å². The van der Waals surface area contributed by atoms with Gasteiger partial charge in [0.1, 0.15) is 17.5 Å². The molecule has 0 fully saturated rings. The molecule has 144 valence electrons. The van der Waals surface area contributed by atoms with Crippen LogP contribution in [-0.4, -0.2) is 25.6 Å². The summed E-state index contributed by atoms with van der Waals surface area (Å²) in [6.45, 7) is -0.335. The molecule has 0 aliphatic heterocycles. The summed E-state index contributed by atoms with van der Waals surface area (Å²) < 4.78 is 23.8. The van der Waals surface area contributed by atoms with E-state index in [-0.39, 0.29) is 28.6 Å². The Balaban J connectivity index is 2.24. The van der Waals surface area contributed by atoms with Gasteiger partial charge in [0.25, 0.3) is 5.91 Å². The van der Waals surface area contributed by atoms with Gasteiger partial charge in [0.15, 0.2) is 12.4 Å². The van der Waals surface area contributed by atoms with Crippen LogP contribution in [0.15, 0.2) is 46.4 Å². The topological polar surface area (TPSA) is 88.4 Å². The highest BCUT2D eigenvalue weighted by molar-refractivity contribution is 9.10. The van der Waals surface area contributed by atoms with Crippen LogP contribution in [0, 0.1) is 17.1 Å². The van der Waals surface area contributed by atoms with Crippen molar-refractivity contribution in [3.63, 3.8) is 0 Å². The van der Waals surface area contributed by atoms with Crippen molar-refractivity contribution < 1.29 is 23.5 Å². The summed E-state index contributed by atoms with van der Waals surface area (Å²) in [6, 6.07) is 10.4. The van der Waals surface area contributed by atoms with Crippen LogP contribution in [0.4, 0.5) is 10.1 Å². The van der Waals surface area contributed by atoms with Gasteiger partial charge in [-0.25, -0.2) is 9.18 Å². The molecule has 9 heteroatoms. The second-order valence-electron chi connectivity index (χ2n) is 5.28. The van der Waals surface area contributed by atoms with Crippen molar-refractivity contribution in [2.24, 2.45) is 0 Å². The van der Waals surface area contributed by atoms with Gasteiger partial charge in [-0.05, 0) is 51.8 Å². The average Bonchev–Trinajstić information content (AvgIpc) is 2.66. The zero-order valence-electron chi connectivity index (χ0n) is 14.5. The molecule has 0 unspecified atom stereocenters. The molecule has 0 aliphatic rings. The Morgan fingerprint density at radius 2 is 2.07 bits per heavy atom. The minimum absolute atomic E-state index is 0.0422. The van der Waals surface area contributed by atoms with Crippen LogP contribution in [0.3, 0.4) is 0 Å². The number of anilines is 1. The number of hydrogen-bond donors (Lipinski definition) is 1. The van der Waals surface area contributed by atoms with E-state index < -0.39 is 17.7 Å². The number of nitrogens with one attached hydrogen (secondary N) is 1. The molecule has 0 aromatic heterocycles. The molecule has 0 bridgehead atoms. The second-order valence-corrected chi connectivity index (χ2v) is 6.54. The number of halogens is 3. The predicted octanol–water partition coefficient (Wildman–Crippen LogP) is 4.34. The molecule has 2 aromatic rings. The Hall–Kier alpha value is -2.89. The minimum Gasteiger partial charge on any atom is -0.479 e. The van der Waals surface area contributed by atoms with Crippen molar-refractivity contribution >= 4 is 51.2 Å². The minimum atomic E-state index is -0.772. The van der Waals surface area contributed by atoms with Crippen molar-refractivity contribution in [3.8, 4) is 11.8 Å². The first-order valence-electron chi connectivity index (χ1n) is 7.72. The molecular formula is C19H13BrClFN2O4. The fraction of sp³-hybridized carbons (Fsp3) is 0.105. The van der Waals surface area contributed by atoms with E-state index in [2.05, 4.69) is 26.0 Å². The van der Waals surface area contributed by atoms with Gasteiger partial charge in [-0.2, -0.15) is 5.26 Å². The lowest BCUT2D eigenvalue weighted by Gasteiger charge is -2.10. The molecule has 2 aromatic carbocycles. The number of carbonyl (C=O) groups is 2. The van der Waals surface area contributed by atoms with E-state index in [1.54, 1.807) is 18.2 Å². The van der Waals surface area contributed by atoms with Crippen LogP contribution in [-0.2, 0) is 14.3 Å². The van der Waals surface area contributed by atoms with Gasteiger partial charge in [0.05, 0.1) is 22.3 Å².